The predicted molar refractivity (Wildman–Crippen MR) is 117 cm³/mol. The number of benzene rings is 2. The summed E-state index contributed by atoms with van der Waals surface area (Å²) < 4.78 is 5.33. The van der Waals surface area contributed by atoms with Gasteiger partial charge in [0.05, 0.1) is 6.61 Å². The molecule has 2 unspecified atom stereocenters. The van der Waals surface area contributed by atoms with Gasteiger partial charge in [0.15, 0.2) is 6.04 Å². The first kappa shape index (κ1) is 25.4. The molecule has 0 aliphatic rings. The Labute approximate surface area is 190 Å². The third kappa shape index (κ3) is 7.05. The minimum atomic E-state index is -1.54. The summed E-state index contributed by atoms with van der Waals surface area (Å²) in [5, 5.41) is 29.2. The molecule has 0 aliphatic carbocycles. The fourth-order valence-electron chi connectivity index (χ4n) is 2.71. The zero-order valence-electron chi connectivity index (χ0n) is 18.1. The number of carbonyl (C=O) groups is 3. The van der Waals surface area contributed by atoms with Crippen molar-refractivity contribution in [3.8, 4) is 17.6 Å². The van der Waals surface area contributed by atoms with E-state index in [-0.39, 0.29) is 18.8 Å². The highest BCUT2D eigenvalue weighted by Gasteiger charge is 2.33. The minimum Gasteiger partial charge on any atom is -0.491 e. The van der Waals surface area contributed by atoms with E-state index in [2.05, 4.69) is 17.2 Å². The largest absolute Gasteiger partial charge is 0.491 e. The Kier molecular flexibility index (Phi) is 9.38. The van der Waals surface area contributed by atoms with Crippen molar-refractivity contribution in [3.63, 3.8) is 0 Å². The van der Waals surface area contributed by atoms with Gasteiger partial charge in [-0.05, 0) is 48.5 Å². The quantitative estimate of drug-likeness (QED) is 0.156. The molecule has 2 atom stereocenters. The topological polar surface area (TPSA) is 148 Å². The van der Waals surface area contributed by atoms with Crippen molar-refractivity contribution in [2.24, 2.45) is 0 Å². The summed E-state index contributed by atoms with van der Waals surface area (Å²) in [6.45, 7) is -0.396. The summed E-state index contributed by atoms with van der Waals surface area (Å²) >= 11 is 0. The molecule has 2 aromatic carbocycles. The zero-order valence-corrected chi connectivity index (χ0v) is 18.1. The Morgan fingerprint density at radius 2 is 1.55 bits per heavy atom. The van der Waals surface area contributed by atoms with Gasteiger partial charge in [0.2, 0.25) is 0 Å². The summed E-state index contributed by atoms with van der Waals surface area (Å²) in [6, 6.07) is 11.6. The number of nitrogens with zero attached hydrogens (tertiary/aromatic N) is 1. The lowest BCUT2D eigenvalue weighted by Crippen LogP contribution is -2.54. The zero-order chi connectivity index (χ0) is 24.4. The van der Waals surface area contributed by atoms with Crippen molar-refractivity contribution in [2.45, 2.75) is 12.1 Å². The summed E-state index contributed by atoms with van der Waals surface area (Å²) in [5.74, 6) is 4.10. The molecule has 0 saturated carbocycles. The van der Waals surface area contributed by atoms with Crippen molar-refractivity contribution in [1.82, 2.24) is 15.7 Å². The maximum atomic E-state index is 12.7. The lowest BCUT2D eigenvalue weighted by molar-refractivity contribution is -0.140. The molecule has 3 amide bonds. The number of ether oxygens (including phenoxy) is 1. The van der Waals surface area contributed by atoms with Gasteiger partial charge in [-0.15, -0.1) is 0 Å². The van der Waals surface area contributed by atoms with Crippen molar-refractivity contribution in [3.05, 3.63) is 65.2 Å². The van der Waals surface area contributed by atoms with Gasteiger partial charge >= 0.3 is 0 Å². The highest BCUT2D eigenvalue weighted by atomic mass is 16.5. The van der Waals surface area contributed by atoms with E-state index in [1.807, 2.05) is 0 Å². The number of carbonyl (C=O) groups excluding carboxylic acids is 3. The number of rotatable bonds is 8. The van der Waals surface area contributed by atoms with E-state index >= 15 is 0 Å². The minimum absolute atomic E-state index is 0.0175. The maximum absolute atomic E-state index is 12.7. The van der Waals surface area contributed by atoms with Crippen molar-refractivity contribution in [1.29, 1.82) is 0 Å². The average molecular weight is 455 g/mol. The maximum Gasteiger partial charge on any atom is 0.275 e. The molecule has 2 rings (SSSR count). The van der Waals surface area contributed by atoms with E-state index < -0.39 is 29.9 Å². The van der Waals surface area contributed by atoms with E-state index in [9.17, 15) is 19.5 Å². The molecule has 0 spiro atoms. The smallest absolute Gasteiger partial charge is 0.275 e. The van der Waals surface area contributed by atoms with Crippen LogP contribution in [0.2, 0.25) is 0 Å². The van der Waals surface area contributed by atoms with Gasteiger partial charge in [-0.25, -0.2) is 5.48 Å². The van der Waals surface area contributed by atoms with Gasteiger partial charge in [0, 0.05) is 30.8 Å². The van der Waals surface area contributed by atoms with E-state index in [0.717, 1.165) is 4.90 Å². The number of hydrogen-bond donors (Lipinski definition) is 5. The Hall–Kier alpha value is -3.91. The molecule has 5 N–H and O–H groups in total. The number of aliphatic hydroxyl groups excluding tert-OH is 2. The molecular weight excluding hydrogens is 430 g/mol. The first-order valence-corrected chi connectivity index (χ1v) is 9.87. The SMILES string of the molecule is CNC(=O)C(C(=O)NO)N(C)C(=O)c1ccc(C#Cc2ccc(OCC(O)CO)cc2)cc1. The van der Waals surface area contributed by atoms with Crippen LogP contribution in [0.15, 0.2) is 48.5 Å². The highest BCUT2D eigenvalue weighted by molar-refractivity contribution is 6.08. The summed E-state index contributed by atoms with van der Waals surface area (Å²) in [5.41, 5.74) is 2.97. The molecular formula is C23H25N3O7. The number of hydroxylamine groups is 1. The summed E-state index contributed by atoms with van der Waals surface area (Å²) in [4.78, 5) is 37.3. The number of nitrogens with one attached hydrogen (secondary N) is 2. The Morgan fingerprint density at radius 3 is 2.03 bits per heavy atom. The van der Waals surface area contributed by atoms with Crippen LogP contribution in [-0.4, -0.2) is 77.5 Å². The highest BCUT2D eigenvalue weighted by Crippen LogP contribution is 2.13. The van der Waals surface area contributed by atoms with Crippen LogP contribution in [0, 0.1) is 11.8 Å². The van der Waals surface area contributed by atoms with Crippen molar-refractivity contribution >= 4 is 17.7 Å². The van der Waals surface area contributed by atoms with Crippen molar-refractivity contribution in [2.75, 3.05) is 27.3 Å². The fourth-order valence-corrected chi connectivity index (χ4v) is 2.71. The first-order chi connectivity index (χ1) is 15.8. The van der Waals surface area contributed by atoms with Gasteiger partial charge in [-0.2, -0.15) is 0 Å². The molecule has 0 aromatic heterocycles. The van der Waals surface area contributed by atoms with Crippen LogP contribution < -0.4 is 15.5 Å². The summed E-state index contributed by atoms with van der Waals surface area (Å²) in [7, 11) is 2.59. The molecule has 174 valence electrons. The van der Waals surface area contributed by atoms with Crippen molar-refractivity contribution < 1.29 is 34.5 Å². The fraction of sp³-hybridized carbons (Fsp3) is 0.261. The molecule has 0 heterocycles. The third-order valence-electron chi connectivity index (χ3n) is 4.55. The Bertz CT molecular complexity index is 1010. The molecule has 10 heteroatoms. The van der Waals surface area contributed by atoms with Crippen LogP contribution in [0.1, 0.15) is 21.5 Å². The number of likely N-dealkylation sites (N-methyl/N-ethyl adjacent to an activating group) is 2. The van der Waals surface area contributed by atoms with Crippen LogP contribution in [0.3, 0.4) is 0 Å². The van der Waals surface area contributed by atoms with Gasteiger partial charge in [0.25, 0.3) is 17.7 Å². The monoisotopic (exact) mass is 455 g/mol. The second-order valence-corrected chi connectivity index (χ2v) is 6.91. The first-order valence-electron chi connectivity index (χ1n) is 9.87. The van der Waals surface area contributed by atoms with Gasteiger partial charge < -0.3 is 25.2 Å². The summed E-state index contributed by atoms with van der Waals surface area (Å²) in [6.07, 6.45) is -0.944. The number of amides is 3. The van der Waals surface area contributed by atoms with E-state index in [0.29, 0.717) is 16.9 Å². The number of aliphatic hydroxyl groups is 2. The van der Waals surface area contributed by atoms with E-state index in [1.54, 1.807) is 36.4 Å². The second kappa shape index (κ2) is 12.2. The van der Waals surface area contributed by atoms with E-state index in [4.69, 9.17) is 15.1 Å². The Morgan fingerprint density at radius 1 is 1.00 bits per heavy atom. The molecule has 0 fully saturated rings. The molecule has 2 aromatic rings. The molecule has 0 aliphatic heterocycles. The van der Waals surface area contributed by atoms with Crippen LogP contribution in [0.5, 0.6) is 5.75 Å². The standard InChI is InChI=1S/C23H25N3O7/c1-24-21(29)20(22(30)25-32)26(2)23(31)17-9-5-15(6-10-17)3-4-16-7-11-19(12-8-16)33-14-18(28)13-27/h5-12,18,20,27-28,32H,13-14H2,1-2H3,(H,24,29)(H,25,30). The van der Waals surface area contributed by atoms with Gasteiger partial charge in [-0.3, -0.25) is 19.6 Å². The molecule has 0 bridgehead atoms. The second-order valence-electron chi connectivity index (χ2n) is 6.91. The Balaban J connectivity index is 2.07. The van der Waals surface area contributed by atoms with Crippen LogP contribution in [-0.2, 0) is 9.59 Å². The molecule has 10 nitrogen and oxygen atoms in total. The van der Waals surface area contributed by atoms with Crippen LogP contribution in [0.4, 0.5) is 0 Å². The lowest BCUT2D eigenvalue weighted by Gasteiger charge is -2.25. The average Bonchev–Trinajstić information content (AvgIpc) is 2.86. The molecule has 0 radical (unpaired) electrons. The molecule has 33 heavy (non-hydrogen) atoms. The van der Waals surface area contributed by atoms with Crippen LogP contribution in [0.25, 0.3) is 0 Å². The predicted octanol–water partition coefficient (Wildman–Crippen LogP) is -0.490. The normalized spacial score (nSPS) is 11.9. The molecule has 0 saturated heterocycles. The van der Waals surface area contributed by atoms with E-state index in [1.165, 1.54) is 31.7 Å². The number of hydrogen-bond acceptors (Lipinski definition) is 7. The van der Waals surface area contributed by atoms with Gasteiger partial charge in [0.1, 0.15) is 18.5 Å². The third-order valence-corrected chi connectivity index (χ3v) is 4.55. The van der Waals surface area contributed by atoms with Crippen LogP contribution >= 0.6 is 0 Å². The van der Waals surface area contributed by atoms with Gasteiger partial charge in [-0.1, -0.05) is 11.8 Å². The lowest BCUT2D eigenvalue weighted by atomic mass is 10.1.